The number of pyridine rings is 2. The van der Waals surface area contributed by atoms with Gasteiger partial charge in [0.1, 0.15) is 5.15 Å². The highest BCUT2D eigenvalue weighted by molar-refractivity contribution is 6.29. The first-order valence-electron chi connectivity index (χ1n) is 8.18. The first kappa shape index (κ1) is 18.9. The second kappa shape index (κ2) is 9.17. The minimum Gasteiger partial charge on any atom is -0.478 e. The van der Waals surface area contributed by atoms with E-state index >= 15 is 0 Å². The maximum absolute atomic E-state index is 11.4. The van der Waals surface area contributed by atoms with Gasteiger partial charge < -0.3 is 9.64 Å². The summed E-state index contributed by atoms with van der Waals surface area (Å²) in [5.74, 6) is 0.688. The van der Waals surface area contributed by atoms with E-state index in [9.17, 15) is 10.1 Å². The van der Waals surface area contributed by atoms with Gasteiger partial charge in [0, 0.05) is 31.4 Å². The zero-order chi connectivity index (χ0) is 18.2. The standard InChI is InChI=1S/C17H21ClN4O3/c1-3-9-21(12-13-5-7-15(18)19-11-13)17-14(22(23)24)6-8-16(20-17)25-10-4-2/h5-8,11H,3-4,9-10,12H2,1-2H3. The number of ether oxygens (including phenoxy) is 1. The lowest BCUT2D eigenvalue weighted by Crippen LogP contribution is -2.25. The summed E-state index contributed by atoms with van der Waals surface area (Å²) in [5.41, 5.74) is 0.855. The van der Waals surface area contributed by atoms with Crippen LogP contribution in [0, 0.1) is 10.1 Å². The van der Waals surface area contributed by atoms with E-state index in [0.29, 0.717) is 36.5 Å². The maximum Gasteiger partial charge on any atom is 0.311 e. The molecule has 0 radical (unpaired) electrons. The van der Waals surface area contributed by atoms with Gasteiger partial charge >= 0.3 is 5.69 Å². The molecule has 0 atom stereocenters. The van der Waals surface area contributed by atoms with Crippen molar-refractivity contribution in [2.24, 2.45) is 0 Å². The molecule has 0 saturated heterocycles. The molecular weight excluding hydrogens is 344 g/mol. The van der Waals surface area contributed by atoms with Crippen LogP contribution in [0.1, 0.15) is 32.3 Å². The minimum atomic E-state index is -0.422. The fourth-order valence-electron chi connectivity index (χ4n) is 2.34. The molecule has 0 fully saturated rings. The molecule has 8 heteroatoms. The van der Waals surface area contributed by atoms with E-state index in [1.165, 1.54) is 12.1 Å². The van der Waals surface area contributed by atoms with E-state index in [1.807, 2.05) is 24.8 Å². The number of rotatable bonds is 9. The van der Waals surface area contributed by atoms with Crippen LogP contribution >= 0.6 is 11.6 Å². The smallest absolute Gasteiger partial charge is 0.311 e. The number of aromatic nitrogens is 2. The lowest BCUT2D eigenvalue weighted by molar-refractivity contribution is -0.384. The molecule has 25 heavy (non-hydrogen) atoms. The molecule has 7 nitrogen and oxygen atoms in total. The van der Waals surface area contributed by atoms with Crippen LogP contribution in [0.25, 0.3) is 0 Å². The molecule has 0 spiro atoms. The number of halogens is 1. The van der Waals surface area contributed by atoms with Crippen molar-refractivity contribution in [2.75, 3.05) is 18.1 Å². The van der Waals surface area contributed by atoms with Crippen LogP contribution in [-0.2, 0) is 6.54 Å². The Morgan fingerprint density at radius 1 is 1.24 bits per heavy atom. The first-order valence-corrected chi connectivity index (χ1v) is 8.56. The molecule has 2 rings (SSSR count). The Labute approximate surface area is 151 Å². The van der Waals surface area contributed by atoms with Gasteiger partial charge in [0.15, 0.2) is 0 Å². The Hall–Kier alpha value is -2.41. The van der Waals surface area contributed by atoms with Gasteiger partial charge in [0.25, 0.3) is 0 Å². The lowest BCUT2D eigenvalue weighted by atomic mass is 10.2. The molecule has 0 aliphatic heterocycles. The van der Waals surface area contributed by atoms with Crippen molar-refractivity contribution in [3.63, 3.8) is 0 Å². The van der Waals surface area contributed by atoms with Gasteiger partial charge in [0.2, 0.25) is 11.7 Å². The van der Waals surface area contributed by atoms with Crippen LogP contribution in [-0.4, -0.2) is 28.0 Å². The van der Waals surface area contributed by atoms with Gasteiger partial charge in [-0.05, 0) is 24.5 Å². The van der Waals surface area contributed by atoms with Crippen molar-refractivity contribution in [1.29, 1.82) is 0 Å². The van der Waals surface area contributed by atoms with Crippen LogP contribution < -0.4 is 9.64 Å². The summed E-state index contributed by atoms with van der Waals surface area (Å²) in [6.45, 7) is 5.58. The van der Waals surface area contributed by atoms with Crippen molar-refractivity contribution in [2.45, 2.75) is 33.2 Å². The summed E-state index contributed by atoms with van der Waals surface area (Å²) in [5, 5.41) is 11.8. The van der Waals surface area contributed by atoms with E-state index in [-0.39, 0.29) is 5.69 Å². The Morgan fingerprint density at radius 3 is 2.64 bits per heavy atom. The summed E-state index contributed by atoms with van der Waals surface area (Å²) >= 11 is 5.82. The monoisotopic (exact) mass is 364 g/mol. The first-order chi connectivity index (χ1) is 12.0. The molecule has 0 bridgehead atoms. The quantitative estimate of drug-likeness (QED) is 0.376. The van der Waals surface area contributed by atoms with E-state index in [4.69, 9.17) is 16.3 Å². The number of hydrogen-bond acceptors (Lipinski definition) is 6. The van der Waals surface area contributed by atoms with Crippen LogP contribution in [0.4, 0.5) is 11.5 Å². The topological polar surface area (TPSA) is 81.4 Å². The van der Waals surface area contributed by atoms with E-state index < -0.39 is 4.92 Å². The van der Waals surface area contributed by atoms with Crippen molar-refractivity contribution in [1.82, 2.24) is 9.97 Å². The van der Waals surface area contributed by atoms with Gasteiger partial charge in [-0.3, -0.25) is 10.1 Å². The summed E-state index contributed by atoms with van der Waals surface area (Å²) in [4.78, 5) is 21.3. The maximum atomic E-state index is 11.4. The average molecular weight is 365 g/mol. The molecule has 2 aromatic rings. The molecule has 2 heterocycles. The third-order valence-electron chi connectivity index (χ3n) is 3.43. The number of hydrogen-bond donors (Lipinski definition) is 0. The molecule has 134 valence electrons. The molecule has 0 aliphatic carbocycles. The van der Waals surface area contributed by atoms with Gasteiger partial charge in [-0.25, -0.2) is 4.98 Å². The second-order valence-electron chi connectivity index (χ2n) is 5.51. The van der Waals surface area contributed by atoms with Gasteiger partial charge in [0.05, 0.1) is 11.5 Å². The SMILES string of the molecule is CCCOc1ccc([N+](=O)[O-])c(N(CCC)Cc2ccc(Cl)nc2)n1. The molecule has 0 saturated carbocycles. The average Bonchev–Trinajstić information content (AvgIpc) is 2.61. The lowest BCUT2D eigenvalue weighted by Gasteiger charge is -2.23. The van der Waals surface area contributed by atoms with Crippen LogP contribution in [0.3, 0.4) is 0 Å². The third-order valence-corrected chi connectivity index (χ3v) is 3.66. The van der Waals surface area contributed by atoms with Crippen LogP contribution in [0.15, 0.2) is 30.5 Å². The molecule has 0 amide bonds. The molecular formula is C17H21ClN4O3. The van der Waals surface area contributed by atoms with Gasteiger partial charge in [-0.15, -0.1) is 0 Å². The van der Waals surface area contributed by atoms with Crippen molar-refractivity contribution in [3.05, 3.63) is 51.3 Å². The minimum absolute atomic E-state index is 0.0424. The molecule has 0 aromatic carbocycles. The number of nitro groups is 1. The summed E-state index contributed by atoms with van der Waals surface area (Å²) in [6.07, 6.45) is 3.32. The highest BCUT2D eigenvalue weighted by atomic mass is 35.5. The normalized spacial score (nSPS) is 10.5. The summed E-state index contributed by atoms with van der Waals surface area (Å²) in [7, 11) is 0. The fraction of sp³-hybridized carbons (Fsp3) is 0.412. The Morgan fingerprint density at radius 2 is 2.04 bits per heavy atom. The molecule has 0 unspecified atom stereocenters. The Kier molecular flexibility index (Phi) is 6.94. The Balaban J connectivity index is 2.36. The highest BCUT2D eigenvalue weighted by Gasteiger charge is 2.22. The Bertz CT molecular complexity index is 710. The van der Waals surface area contributed by atoms with Crippen molar-refractivity contribution in [3.8, 4) is 5.88 Å². The number of nitrogens with zero attached hydrogens (tertiary/aromatic N) is 4. The summed E-state index contributed by atoms with van der Waals surface area (Å²) in [6, 6.07) is 6.52. The molecule has 0 N–H and O–H groups in total. The van der Waals surface area contributed by atoms with Crippen LogP contribution in [0.5, 0.6) is 5.88 Å². The van der Waals surface area contributed by atoms with E-state index in [0.717, 1.165) is 18.4 Å². The predicted octanol–water partition coefficient (Wildman–Crippen LogP) is 4.24. The van der Waals surface area contributed by atoms with Crippen molar-refractivity contribution >= 4 is 23.1 Å². The van der Waals surface area contributed by atoms with Gasteiger partial charge in [-0.2, -0.15) is 4.98 Å². The third kappa shape index (κ3) is 5.29. The zero-order valence-corrected chi connectivity index (χ0v) is 15.1. The fourth-order valence-corrected chi connectivity index (χ4v) is 2.45. The van der Waals surface area contributed by atoms with E-state index in [2.05, 4.69) is 9.97 Å². The van der Waals surface area contributed by atoms with Crippen LogP contribution in [0.2, 0.25) is 5.15 Å². The predicted molar refractivity (Wildman–Crippen MR) is 97.3 cm³/mol. The largest absolute Gasteiger partial charge is 0.478 e. The highest BCUT2D eigenvalue weighted by Crippen LogP contribution is 2.30. The molecule has 0 aliphatic rings. The second-order valence-corrected chi connectivity index (χ2v) is 5.90. The zero-order valence-electron chi connectivity index (χ0n) is 14.3. The van der Waals surface area contributed by atoms with Gasteiger partial charge in [-0.1, -0.05) is 31.5 Å². The summed E-state index contributed by atoms with van der Waals surface area (Å²) < 4.78 is 5.53. The van der Waals surface area contributed by atoms with E-state index in [1.54, 1.807) is 12.3 Å². The molecule has 2 aromatic heterocycles. The number of anilines is 1. The van der Waals surface area contributed by atoms with Crippen molar-refractivity contribution < 1.29 is 9.66 Å².